The summed E-state index contributed by atoms with van der Waals surface area (Å²) in [7, 11) is 0. The lowest BCUT2D eigenvalue weighted by molar-refractivity contribution is 0.0107. The first-order chi connectivity index (χ1) is 6.44. The molecule has 14 heavy (non-hydrogen) atoms. The molecule has 0 aliphatic heterocycles. The highest BCUT2D eigenvalue weighted by atomic mass is 79.9. The Bertz CT molecular complexity index is 328. The van der Waals surface area contributed by atoms with Crippen molar-refractivity contribution in [3.8, 4) is 0 Å². The van der Waals surface area contributed by atoms with E-state index < -0.39 is 24.7 Å². The van der Waals surface area contributed by atoms with Crippen LogP contribution in [0.25, 0.3) is 0 Å². The number of rotatable bonds is 3. The number of halogens is 4. The molecule has 1 aromatic rings. The molecule has 0 aliphatic rings. The molecule has 0 unspecified atom stereocenters. The first-order valence-electron chi connectivity index (χ1n) is 3.96. The van der Waals surface area contributed by atoms with Gasteiger partial charge in [-0.2, -0.15) is 0 Å². The van der Waals surface area contributed by atoms with Crippen LogP contribution in [0.1, 0.15) is 5.56 Å². The maximum Gasteiger partial charge on any atom is 0.264 e. The summed E-state index contributed by atoms with van der Waals surface area (Å²) in [5.41, 5.74) is 4.83. The minimum atomic E-state index is -3.05. The zero-order chi connectivity index (χ0) is 10.8. The van der Waals surface area contributed by atoms with Crippen LogP contribution in [-0.2, 0) is 6.42 Å². The van der Waals surface area contributed by atoms with Crippen molar-refractivity contribution in [3.05, 3.63) is 34.1 Å². The lowest BCUT2D eigenvalue weighted by Crippen LogP contribution is -2.30. The minimum Gasteiger partial charge on any atom is -0.325 e. The van der Waals surface area contributed by atoms with Gasteiger partial charge in [0, 0.05) is 10.9 Å². The summed E-state index contributed by atoms with van der Waals surface area (Å²) in [4.78, 5) is 0. The van der Waals surface area contributed by atoms with E-state index in [-0.39, 0.29) is 5.56 Å². The molecule has 0 aliphatic carbocycles. The van der Waals surface area contributed by atoms with E-state index >= 15 is 0 Å². The second-order valence-corrected chi connectivity index (χ2v) is 3.89. The fourth-order valence-corrected chi connectivity index (χ4v) is 1.35. The lowest BCUT2D eigenvalue weighted by Gasteiger charge is -2.14. The van der Waals surface area contributed by atoms with E-state index in [1.165, 1.54) is 12.1 Å². The van der Waals surface area contributed by atoms with Crippen molar-refractivity contribution in [2.75, 3.05) is 6.54 Å². The highest BCUT2D eigenvalue weighted by molar-refractivity contribution is 9.10. The Morgan fingerprint density at radius 1 is 1.36 bits per heavy atom. The zero-order valence-corrected chi connectivity index (χ0v) is 8.82. The van der Waals surface area contributed by atoms with Gasteiger partial charge in [-0.3, -0.25) is 0 Å². The molecule has 0 spiro atoms. The van der Waals surface area contributed by atoms with E-state index in [0.29, 0.717) is 4.47 Å². The Balaban J connectivity index is 2.87. The molecule has 1 aromatic carbocycles. The average Bonchev–Trinajstić information content (AvgIpc) is 2.10. The van der Waals surface area contributed by atoms with E-state index in [2.05, 4.69) is 15.9 Å². The summed E-state index contributed by atoms with van der Waals surface area (Å²) in [6.07, 6.45) is -0.664. The summed E-state index contributed by atoms with van der Waals surface area (Å²) in [5.74, 6) is -3.69. The lowest BCUT2D eigenvalue weighted by atomic mass is 10.1. The first kappa shape index (κ1) is 11.5. The Hall–Kier alpha value is -0.550. The number of hydrogen-bond acceptors (Lipinski definition) is 1. The van der Waals surface area contributed by atoms with Crippen LogP contribution in [-0.4, -0.2) is 12.5 Å². The molecule has 1 nitrogen and oxygen atoms in total. The van der Waals surface area contributed by atoms with Crippen molar-refractivity contribution in [1.82, 2.24) is 0 Å². The highest BCUT2D eigenvalue weighted by Gasteiger charge is 2.28. The van der Waals surface area contributed by atoms with Crippen molar-refractivity contribution in [2.45, 2.75) is 12.3 Å². The van der Waals surface area contributed by atoms with Gasteiger partial charge in [0.05, 0.1) is 6.54 Å². The molecule has 0 atom stereocenters. The summed E-state index contributed by atoms with van der Waals surface area (Å²) in [6, 6.07) is 4.00. The summed E-state index contributed by atoms with van der Waals surface area (Å²) in [5, 5.41) is 0. The third-order valence-corrected chi connectivity index (χ3v) is 2.26. The minimum absolute atomic E-state index is 0.0244. The molecule has 0 radical (unpaired) electrons. The predicted octanol–water partition coefficient (Wildman–Crippen LogP) is 2.72. The van der Waals surface area contributed by atoms with E-state index in [9.17, 15) is 13.2 Å². The molecule has 5 heteroatoms. The molecule has 0 fully saturated rings. The quantitative estimate of drug-likeness (QED) is 0.896. The Morgan fingerprint density at radius 2 is 2.00 bits per heavy atom. The maximum atomic E-state index is 13.1. The van der Waals surface area contributed by atoms with Crippen LogP contribution < -0.4 is 5.73 Å². The van der Waals surface area contributed by atoms with Crippen molar-refractivity contribution in [3.63, 3.8) is 0 Å². The van der Waals surface area contributed by atoms with Gasteiger partial charge in [0.2, 0.25) is 0 Å². The fourth-order valence-electron chi connectivity index (χ4n) is 1.02. The molecule has 0 saturated carbocycles. The molecule has 0 bridgehead atoms. The van der Waals surface area contributed by atoms with Crippen LogP contribution in [0.15, 0.2) is 22.7 Å². The van der Waals surface area contributed by atoms with Gasteiger partial charge >= 0.3 is 0 Å². The topological polar surface area (TPSA) is 26.0 Å². The number of alkyl halides is 2. The fraction of sp³-hybridized carbons (Fsp3) is 0.333. The van der Waals surface area contributed by atoms with Crippen molar-refractivity contribution in [1.29, 1.82) is 0 Å². The highest BCUT2D eigenvalue weighted by Crippen LogP contribution is 2.22. The molecule has 2 N–H and O–H groups in total. The summed E-state index contributed by atoms with van der Waals surface area (Å²) >= 11 is 3.04. The Kier molecular flexibility index (Phi) is 3.55. The smallest absolute Gasteiger partial charge is 0.264 e. The second kappa shape index (κ2) is 4.31. The first-order valence-corrected chi connectivity index (χ1v) is 4.76. The molecule has 0 aromatic heterocycles. The molecule has 0 amide bonds. The predicted molar refractivity (Wildman–Crippen MR) is 51.8 cm³/mol. The zero-order valence-electron chi connectivity index (χ0n) is 7.24. The summed E-state index contributed by atoms with van der Waals surface area (Å²) < 4.78 is 39.3. The van der Waals surface area contributed by atoms with Crippen LogP contribution in [0, 0.1) is 5.82 Å². The van der Waals surface area contributed by atoms with Gasteiger partial charge in [-0.15, -0.1) is 0 Å². The van der Waals surface area contributed by atoms with E-state index in [0.717, 1.165) is 6.07 Å². The van der Waals surface area contributed by atoms with Gasteiger partial charge in [-0.1, -0.05) is 22.0 Å². The average molecular weight is 268 g/mol. The van der Waals surface area contributed by atoms with Crippen molar-refractivity contribution < 1.29 is 13.2 Å². The number of hydrogen-bond donors (Lipinski definition) is 1. The molecule has 1 rings (SSSR count). The van der Waals surface area contributed by atoms with Gasteiger partial charge in [-0.25, -0.2) is 13.2 Å². The maximum absolute atomic E-state index is 13.1. The van der Waals surface area contributed by atoms with Gasteiger partial charge in [0.15, 0.2) is 0 Å². The van der Waals surface area contributed by atoms with Crippen LogP contribution in [0.5, 0.6) is 0 Å². The molecular formula is C9H9BrF3N. The van der Waals surface area contributed by atoms with Crippen molar-refractivity contribution >= 4 is 15.9 Å². The third-order valence-electron chi connectivity index (χ3n) is 1.76. The van der Waals surface area contributed by atoms with Crippen molar-refractivity contribution in [2.24, 2.45) is 5.73 Å². The standard InChI is InChI=1S/C9H9BrF3N/c10-7-2-1-6(8(11)3-7)4-9(12,13)5-14/h1-3H,4-5,14H2. The molecule has 0 saturated heterocycles. The Morgan fingerprint density at radius 3 is 2.50 bits per heavy atom. The van der Waals surface area contributed by atoms with Gasteiger partial charge < -0.3 is 5.73 Å². The van der Waals surface area contributed by atoms with Crippen LogP contribution >= 0.6 is 15.9 Å². The van der Waals surface area contributed by atoms with Crippen LogP contribution in [0.3, 0.4) is 0 Å². The van der Waals surface area contributed by atoms with E-state index in [4.69, 9.17) is 5.73 Å². The molecule has 0 heterocycles. The van der Waals surface area contributed by atoms with E-state index in [1.54, 1.807) is 0 Å². The van der Waals surface area contributed by atoms with Gasteiger partial charge in [-0.05, 0) is 17.7 Å². The van der Waals surface area contributed by atoms with Gasteiger partial charge in [0.25, 0.3) is 5.92 Å². The Labute approximate surface area is 88.2 Å². The normalized spacial score (nSPS) is 11.8. The SMILES string of the molecule is NCC(F)(F)Cc1ccc(Br)cc1F. The van der Waals surface area contributed by atoms with Gasteiger partial charge in [0.1, 0.15) is 5.82 Å². The van der Waals surface area contributed by atoms with Crippen LogP contribution in [0.2, 0.25) is 0 Å². The molecule has 78 valence electrons. The second-order valence-electron chi connectivity index (χ2n) is 2.97. The summed E-state index contributed by atoms with van der Waals surface area (Å²) in [6.45, 7) is -0.775. The number of nitrogens with two attached hydrogens (primary N) is 1. The third kappa shape index (κ3) is 2.99. The number of benzene rings is 1. The largest absolute Gasteiger partial charge is 0.325 e. The molecular weight excluding hydrogens is 259 g/mol. The monoisotopic (exact) mass is 267 g/mol. The van der Waals surface area contributed by atoms with Crippen LogP contribution in [0.4, 0.5) is 13.2 Å². The van der Waals surface area contributed by atoms with E-state index in [1.807, 2.05) is 0 Å².